The number of thioether (sulfide) groups is 1. The van der Waals surface area contributed by atoms with Crippen LogP contribution in [0.3, 0.4) is 0 Å². The van der Waals surface area contributed by atoms with Crippen LogP contribution in [-0.4, -0.2) is 11.0 Å². The van der Waals surface area contributed by atoms with E-state index >= 15 is 0 Å². The molecule has 0 radical (unpaired) electrons. The van der Waals surface area contributed by atoms with Gasteiger partial charge in [-0.25, -0.2) is 0 Å². The maximum absolute atomic E-state index is 13.3. The van der Waals surface area contributed by atoms with Crippen molar-refractivity contribution in [2.75, 3.05) is 16.0 Å². The maximum atomic E-state index is 13.3. The van der Waals surface area contributed by atoms with Gasteiger partial charge < -0.3 is 16.0 Å². The van der Waals surface area contributed by atoms with E-state index in [0.29, 0.717) is 5.11 Å². The molecule has 4 aromatic carbocycles. The zero-order valence-corrected chi connectivity index (χ0v) is 21.0. The topological polar surface area (TPSA) is 53.2 Å². The quantitative estimate of drug-likeness (QED) is 0.165. The van der Waals surface area contributed by atoms with Gasteiger partial charge in [-0.1, -0.05) is 60.7 Å². The minimum absolute atomic E-state index is 0.0779. The van der Waals surface area contributed by atoms with Crippen molar-refractivity contribution in [3.8, 4) is 0 Å². The number of para-hydroxylation sites is 1. The van der Waals surface area contributed by atoms with Crippen LogP contribution < -0.4 is 16.0 Å². The molecule has 1 atom stereocenters. The van der Waals surface area contributed by atoms with E-state index in [2.05, 4.69) is 16.0 Å². The molecule has 0 aliphatic heterocycles. The summed E-state index contributed by atoms with van der Waals surface area (Å²) in [6.07, 6.45) is -4.50. The fraction of sp³-hybridized carbons (Fsp3) is 0.0714. The molecule has 188 valence electrons. The van der Waals surface area contributed by atoms with E-state index in [9.17, 15) is 18.0 Å². The Morgan fingerprint density at radius 3 is 1.95 bits per heavy atom. The van der Waals surface area contributed by atoms with Crippen LogP contribution in [0.2, 0.25) is 0 Å². The van der Waals surface area contributed by atoms with Gasteiger partial charge in [-0.3, -0.25) is 4.79 Å². The molecule has 0 aromatic heterocycles. The van der Waals surface area contributed by atoms with E-state index in [1.54, 1.807) is 0 Å². The molecule has 0 aliphatic rings. The standard InChI is InChI=1S/C28H22F3N3OS2/c29-28(30,31)20-11-7-14-22(17-20)32-26(35)25(19-9-3-1-4-10-19)37-24-16-8-15-23(18-24)34-27(36)33-21-12-5-2-6-13-21/h1-18,25H,(H,32,35)(H2,33,34,36). The highest BCUT2D eigenvalue weighted by molar-refractivity contribution is 8.00. The van der Waals surface area contributed by atoms with E-state index in [4.69, 9.17) is 12.2 Å². The van der Waals surface area contributed by atoms with Crippen LogP contribution in [0, 0.1) is 0 Å². The first-order valence-electron chi connectivity index (χ1n) is 11.2. The molecule has 0 saturated carbocycles. The molecule has 0 spiro atoms. The third-order valence-corrected chi connectivity index (χ3v) is 6.63. The molecule has 1 unspecified atom stereocenters. The van der Waals surface area contributed by atoms with E-state index < -0.39 is 22.9 Å². The van der Waals surface area contributed by atoms with Crippen LogP contribution in [0.25, 0.3) is 0 Å². The first-order chi connectivity index (χ1) is 17.8. The number of carbonyl (C=O) groups excluding carboxylic acids is 1. The van der Waals surface area contributed by atoms with Gasteiger partial charge in [-0.2, -0.15) is 13.2 Å². The minimum atomic E-state index is -4.50. The van der Waals surface area contributed by atoms with Crippen molar-refractivity contribution in [3.05, 3.63) is 120 Å². The number of carbonyl (C=O) groups is 1. The summed E-state index contributed by atoms with van der Waals surface area (Å²) in [6.45, 7) is 0. The van der Waals surface area contributed by atoms with Gasteiger partial charge in [0.15, 0.2) is 5.11 Å². The second-order valence-electron chi connectivity index (χ2n) is 7.95. The van der Waals surface area contributed by atoms with Gasteiger partial charge in [0.2, 0.25) is 5.91 Å². The Kier molecular flexibility index (Phi) is 8.47. The Hall–Kier alpha value is -3.82. The number of hydrogen-bond acceptors (Lipinski definition) is 3. The monoisotopic (exact) mass is 537 g/mol. The van der Waals surface area contributed by atoms with Crippen molar-refractivity contribution in [3.63, 3.8) is 0 Å². The molecule has 0 fully saturated rings. The van der Waals surface area contributed by atoms with Gasteiger partial charge in [0.1, 0.15) is 5.25 Å². The van der Waals surface area contributed by atoms with Crippen molar-refractivity contribution < 1.29 is 18.0 Å². The highest BCUT2D eigenvalue weighted by Crippen LogP contribution is 2.38. The number of halogens is 3. The van der Waals surface area contributed by atoms with E-state index in [-0.39, 0.29) is 5.69 Å². The number of hydrogen-bond donors (Lipinski definition) is 3. The number of nitrogens with one attached hydrogen (secondary N) is 3. The average molecular weight is 538 g/mol. The Morgan fingerprint density at radius 1 is 0.703 bits per heavy atom. The van der Waals surface area contributed by atoms with Gasteiger partial charge >= 0.3 is 6.18 Å². The fourth-order valence-corrected chi connectivity index (χ4v) is 4.80. The number of anilines is 3. The molecule has 4 rings (SSSR count). The SMILES string of the molecule is O=C(Nc1cccc(C(F)(F)F)c1)C(Sc1cccc(NC(=S)Nc2ccccc2)c1)c1ccccc1. The number of benzene rings is 4. The molecule has 0 saturated heterocycles. The third-order valence-electron chi connectivity index (χ3n) is 5.18. The van der Waals surface area contributed by atoms with Crippen molar-refractivity contribution in [2.24, 2.45) is 0 Å². The molecule has 0 bridgehead atoms. The summed E-state index contributed by atoms with van der Waals surface area (Å²) < 4.78 is 39.4. The first-order valence-corrected chi connectivity index (χ1v) is 12.5. The number of alkyl halides is 3. The van der Waals surface area contributed by atoms with E-state index in [0.717, 1.165) is 34.0 Å². The lowest BCUT2D eigenvalue weighted by Crippen LogP contribution is -2.20. The summed E-state index contributed by atoms with van der Waals surface area (Å²) in [5.74, 6) is -0.435. The van der Waals surface area contributed by atoms with Crippen LogP contribution in [0.1, 0.15) is 16.4 Å². The van der Waals surface area contributed by atoms with Gasteiger partial charge in [0.05, 0.1) is 5.56 Å². The molecular formula is C28H22F3N3OS2. The summed E-state index contributed by atoms with van der Waals surface area (Å²) in [7, 11) is 0. The molecule has 1 amide bonds. The van der Waals surface area contributed by atoms with Gasteiger partial charge in [-0.15, -0.1) is 11.8 Å². The Balaban J connectivity index is 1.51. The first kappa shape index (κ1) is 26.2. The second-order valence-corrected chi connectivity index (χ2v) is 9.54. The number of amides is 1. The van der Waals surface area contributed by atoms with Crippen molar-refractivity contribution in [2.45, 2.75) is 16.3 Å². The smallest absolute Gasteiger partial charge is 0.332 e. The minimum Gasteiger partial charge on any atom is -0.332 e. The Labute approximate surface area is 222 Å². The zero-order chi connectivity index (χ0) is 26.3. The van der Waals surface area contributed by atoms with Gasteiger partial charge in [0, 0.05) is 22.0 Å². The van der Waals surface area contributed by atoms with Crippen LogP contribution in [0.15, 0.2) is 114 Å². The van der Waals surface area contributed by atoms with Crippen LogP contribution >= 0.6 is 24.0 Å². The molecule has 0 heterocycles. The molecule has 9 heteroatoms. The summed E-state index contributed by atoms with van der Waals surface area (Å²) in [5, 5.41) is 8.59. The number of rotatable bonds is 7. The average Bonchev–Trinajstić information content (AvgIpc) is 2.88. The molecule has 4 nitrogen and oxygen atoms in total. The van der Waals surface area contributed by atoms with Crippen LogP contribution in [-0.2, 0) is 11.0 Å². The lowest BCUT2D eigenvalue weighted by molar-refractivity contribution is -0.137. The predicted molar refractivity (Wildman–Crippen MR) is 148 cm³/mol. The predicted octanol–water partition coefficient (Wildman–Crippen LogP) is 7.99. The third kappa shape index (κ3) is 7.58. The largest absolute Gasteiger partial charge is 0.416 e. The van der Waals surface area contributed by atoms with Gasteiger partial charge in [-0.05, 0) is 66.3 Å². The molecule has 0 aliphatic carbocycles. The Bertz CT molecular complexity index is 1370. The van der Waals surface area contributed by atoms with Crippen LogP contribution in [0.5, 0.6) is 0 Å². The lowest BCUT2D eigenvalue weighted by atomic mass is 10.1. The summed E-state index contributed by atoms with van der Waals surface area (Å²) in [6, 6.07) is 30.6. The lowest BCUT2D eigenvalue weighted by Gasteiger charge is -2.18. The summed E-state index contributed by atoms with van der Waals surface area (Å²) >= 11 is 6.69. The van der Waals surface area contributed by atoms with Crippen LogP contribution in [0.4, 0.5) is 30.2 Å². The normalized spacial score (nSPS) is 11.9. The highest BCUT2D eigenvalue weighted by atomic mass is 32.2. The molecule has 4 aromatic rings. The second kappa shape index (κ2) is 11.9. The fourth-order valence-electron chi connectivity index (χ4n) is 3.48. The highest BCUT2D eigenvalue weighted by Gasteiger charge is 2.31. The van der Waals surface area contributed by atoms with Crippen molar-refractivity contribution in [1.29, 1.82) is 0 Å². The number of thiocarbonyl (C=S) groups is 1. The van der Waals surface area contributed by atoms with Crippen molar-refractivity contribution in [1.82, 2.24) is 0 Å². The summed E-state index contributed by atoms with van der Waals surface area (Å²) in [5.41, 5.74) is 1.54. The Morgan fingerprint density at radius 2 is 1.27 bits per heavy atom. The molecule has 3 N–H and O–H groups in total. The molecular weight excluding hydrogens is 515 g/mol. The van der Waals surface area contributed by atoms with E-state index in [1.807, 2.05) is 84.9 Å². The zero-order valence-electron chi connectivity index (χ0n) is 19.3. The maximum Gasteiger partial charge on any atom is 0.416 e. The van der Waals surface area contributed by atoms with Gasteiger partial charge in [0.25, 0.3) is 0 Å². The summed E-state index contributed by atoms with van der Waals surface area (Å²) in [4.78, 5) is 14.1. The van der Waals surface area contributed by atoms with Crippen molar-refractivity contribution >= 4 is 52.1 Å². The molecule has 37 heavy (non-hydrogen) atoms. The van der Waals surface area contributed by atoms with E-state index in [1.165, 1.54) is 23.9 Å².